The first-order chi connectivity index (χ1) is 11.8. The fourth-order valence-corrected chi connectivity index (χ4v) is 2.87. The summed E-state index contributed by atoms with van der Waals surface area (Å²) in [6.45, 7) is 4.09. The molecular formula is C18H19Cl3N2O2. The molecule has 2 aromatic carbocycles. The number of carbonyl (C=O) groups excluding carboxylic acids is 1. The number of rotatable bonds is 6. The van der Waals surface area contributed by atoms with E-state index in [1.165, 1.54) is 0 Å². The minimum atomic E-state index is -0.676. The summed E-state index contributed by atoms with van der Waals surface area (Å²) in [6.07, 6.45) is 0. The van der Waals surface area contributed by atoms with Gasteiger partial charge in [0, 0.05) is 10.0 Å². The third kappa shape index (κ3) is 5.70. The molecule has 25 heavy (non-hydrogen) atoms. The maximum absolute atomic E-state index is 12.4. The lowest BCUT2D eigenvalue weighted by atomic mass is 9.94. The third-order valence-electron chi connectivity index (χ3n) is 3.48. The van der Waals surface area contributed by atoms with Crippen molar-refractivity contribution in [3.05, 3.63) is 58.1 Å². The van der Waals surface area contributed by atoms with E-state index in [4.69, 9.17) is 39.5 Å². The van der Waals surface area contributed by atoms with Gasteiger partial charge >= 0.3 is 6.03 Å². The average molecular weight is 402 g/mol. The summed E-state index contributed by atoms with van der Waals surface area (Å²) in [5.74, 6) is 0.921. The van der Waals surface area contributed by atoms with Gasteiger partial charge in [-0.05, 0) is 49.7 Å². The smallest absolute Gasteiger partial charge is 0.320 e. The van der Waals surface area contributed by atoms with Crippen molar-refractivity contribution >= 4 is 46.5 Å². The molecule has 0 radical (unpaired) electrons. The van der Waals surface area contributed by atoms with E-state index in [0.717, 1.165) is 5.56 Å². The van der Waals surface area contributed by atoms with Crippen LogP contribution in [0.1, 0.15) is 19.4 Å². The molecule has 0 bridgehead atoms. The molecule has 0 aliphatic rings. The van der Waals surface area contributed by atoms with Gasteiger partial charge < -0.3 is 15.4 Å². The Bertz CT molecular complexity index is 731. The number of halogens is 3. The Hall–Kier alpha value is -1.62. The molecule has 134 valence electrons. The molecule has 2 N–H and O–H groups in total. The molecule has 0 fully saturated rings. The lowest BCUT2D eigenvalue weighted by Crippen LogP contribution is -2.43. The van der Waals surface area contributed by atoms with Gasteiger partial charge in [0.25, 0.3) is 0 Å². The number of ether oxygens (including phenoxy) is 1. The predicted octanol–water partition coefficient (Wildman–Crippen LogP) is 5.67. The fourth-order valence-electron chi connectivity index (χ4n) is 2.27. The van der Waals surface area contributed by atoms with E-state index in [-0.39, 0.29) is 6.03 Å². The molecule has 2 aromatic rings. The quantitative estimate of drug-likeness (QED) is 0.613. The van der Waals surface area contributed by atoms with Crippen LogP contribution in [0.3, 0.4) is 0 Å². The van der Waals surface area contributed by atoms with Gasteiger partial charge in [-0.3, -0.25) is 0 Å². The zero-order valence-electron chi connectivity index (χ0n) is 13.9. The largest absolute Gasteiger partial charge is 0.490 e. The highest BCUT2D eigenvalue weighted by atomic mass is 35.5. The normalized spacial score (nSPS) is 11.1. The number of hydrogen-bond donors (Lipinski definition) is 2. The molecule has 4 nitrogen and oxygen atoms in total. The SMILES string of the molecule is CC(C)(NC(=O)Nc1ccccc1OCCCl)c1cc(Cl)cc(Cl)c1. The first-order valence-electron chi connectivity index (χ1n) is 7.65. The van der Waals surface area contributed by atoms with Crippen molar-refractivity contribution in [3.8, 4) is 5.75 Å². The van der Waals surface area contributed by atoms with Crippen LogP contribution in [-0.2, 0) is 5.54 Å². The molecule has 0 saturated carbocycles. The number of alkyl halides is 1. The van der Waals surface area contributed by atoms with Crippen LogP contribution in [-0.4, -0.2) is 18.5 Å². The molecular weight excluding hydrogens is 383 g/mol. The highest BCUT2D eigenvalue weighted by molar-refractivity contribution is 6.34. The van der Waals surface area contributed by atoms with Gasteiger partial charge in [-0.2, -0.15) is 0 Å². The van der Waals surface area contributed by atoms with Gasteiger partial charge in [0.05, 0.1) is 17.1 Å². The first-order valence-corrected chi connectivity index (χ1v) is 8.94. The van der Waals surface area contributed by atoms with Crippen molar-refractivity contribution in [2.24, 2.45) is 0 Å². The molecule has 0 unspecified atom stereocenters. The summed E-state index contributed by atoms with van der Waals surface area (Å²) in [5, 5.41) is 6.72. The summed E-state index contributed by atoms with van der Waals surface area (Å²) < 4.78 is 5.52. The van der Waals surface area contributed by atoms with Gasteiger partial charge in [0.15, 0.2) is 0 Å². The zero-order valence-corrected chi connectivity index (χ0v) is 16.2. The minimum Gasteiger partial charge on any atom is -0.490 e. The predicted molar refractivity (Wildman–Crippen MR) is 104 cm³/mol. The van der Waals surface area contributed by atoms with Crippen molar-refractivity contribution in [2.45, 2.75) is 19.4 Å². The fraction of sp³-hybridized carbons (Fsp3) is 0.278. The van der Waals surface area contributed by atoms with Crippen molar-refractivity contribution in [1.29, 1.82) is 0 Å². The van der Waals surface area contributed by atoms with Crippen molar-refractivity contribution in [3.63, 3.8) is 0 Å². The number of amides is 2. The summed E-state index contributed by atoms with van der Waals surface area (Å²) >= 11 is 17.7. The van der Waals surface area contributed by atoms with Crippen LogP contribution >= 0.6 is 34.8 Å². The lowest BCUT2D eigenvalue weighted by molar-refractivity contribution is 0.241. The van der Waals surface area contributed by atoms with E-state index < -0.39 is 5.54 Å². The van der Waals surface area contributed by atoms with Crippen LogP contribution in [0.5, 0.6) is 5.75 Å². The van der Waals surface area contributed by atoms with Crippen LogP contribution in [0.4, 0.5) is 10.5 Å². The van der Waals surface area contributed by atoms with E-state index in [0.29, 0.717) is 34.0 Å². The Morgan fingerprint density at radius 3 is 2.40 bits per heavy atom. The number of anilines is 1. The maximum Gasteiger partial charge on any atom is 0.320 e. The second-order valence-corrected chi connectivity index (χ2v) is 7.15. The third-order valence-corrected chi connectivity index (χ3v) is 4.07. The van der Waals surface area contributed by atoms with Crippen LogP contribution in [0, 0.1) is 0 Å². The number of nitrogens with one attached hydrogen (secondary N) is 2. The average Bonchev–Trinajstić information content (AvgIpc) is 2.52. The second-order valence-electron chi connectivity index (χ2n) is 5.90. The van der Waals surface area contributed by atoms with E-state index in [1.54, 1.807) is 30.3 Å². The number of hydrogen-bond acceptors (Lipinski definition) is 2. The van der Waals surface area contributed by atoms with Crippen molar-refractivity contribution < 1.29 is 9.53 Å². The molecule has 7 heteroatoms. The van der Waals surface area contributed by atoms with Crippen LogP contribution in [0.2, 0.25) is 10.0 Å². The Morgan fingerprint density at radius 2 is 1.76 bits per heavy atom. The van der Waals surface area contributed by atoms with Gasteiger partial charge in [-0.15, -0.1) is 11.6 Å². The Morgan fingerprint density at radius 1 is 1.12 bits per heavy atom. The van der Waals surface area contributed by atoms with Gasteiger partial charge in [0.2, 0.25) is 0 Å². The Labute approximate surface area is 162 Å². The van der Waals surface area contributed by atoms with Crippen molar-refractivity contribution in [1.82, 2.24) is 5.32 Å². The number of benzene rings is 2. The van der Waals surface area contributed by atoms with Gasteiger partial charge in [-0.25, -0.2) is 4.79 Å². The first kappa shape index (κ1) is 19.7. The second kappa shape index (κ2) is 8.65. The van der Waals surface area contributed by atoms with Gasteiger partial charge in [0.1, 0.15) is 12.4 Å². The molecule has 0 saturated heterocycles. The zero-order chi connectivity index (χ0) is 18.4. The summed E-state index contributed by atoms with van der Waals surface area (Å²) in [6, 6.07) is 12.0. The molecule has 0 heterocycles. The topological polar surface area (TPSA) is 50.4 Å². The number of para-hydroxylation sites is 2. The molecule has 0 aliphatic heterocycles. The molecule has 2 amide bonds. The Balaban J connectivity index is 2.11. The molecule has 0 aromatic heterocycles. The van der Waals surface area contributed by atoms with E-state index >= 15 is 0 Å². The van der Waals surface area contributed by atoms with E-state index in [2.05, 4.69) is 10.6 Å². The highest BCUT2D eigenvalue weighted by Crippen LogP contribution is 2.28. The molecule has 0 spiro atoms. The highest BCUT2D eigenvalue weighted by Gasteiger charge is 2.24. The standard InChI is InChI=1S/C18H19Cl3N2O2/c1-18(2,12-9-13(20)11-14(21)10-12)23-17(24)22-15-5-3-4-6-16(15)25-8-7-19/h3-6,9-11H,7-8H2,1-2H3,(H2,22,23,24). The number of urea groups is 1. The molecule has 0 aliphatic carbocycles. The lowest BCUT2D eigenvalue weighted by Gasteiger charge is -2.27. The monoisotopic (exact) mass is 400 g/mol. The van der Waals surface area contributed by atoms with Gasteiger partial charge in [-0.1, -0.05) is 35.3 Å². The number of carbonyl (C=O) groups is 1. The van der Waals surface area contributed by atoms with Crippen LogP contribution in [0.25, 0.3) is 0 Å². The van der Waals surface area contributed by atoms with Crippen molar-refractivity contribution in [2.75, 3.05) is 17.8 Å². The maximum atomic E-state index is 12.4. The molecule has 2 rings (SSSR count). The van der Waals surface area contributed by atoms with Crippen LogP contribution < -0.4 is 15.4 Å². The molecule has 0 atom stereocenters. The van der Waals surface area contributed by atoms with E-state index in [9.17, 15) is 4.79 Å². The van der Waals surface area contributed by atoms with E-state index in [1.807, 2.05) is 26.0 Å². The Kier molecular flexibility index (Phi) is 6.82. The minimum absolute atomic E-state index is 0.356. The summed E-state index contributed by atoms with van der Waals surface area (Å²) in [4.78, 5) is 12.4. The summed E-state index contributed by atoms with van der Waals surface area (Å²) in [5.41, 5.74) is 0.682. The summed E-state index contributed by atoms with van der Waals surface area (Å²) in [7, 11) is 0. The van der Waals surface area contributed by atoms with Crippen LogP contribution in [0.15, 0.2) is 42.5 Å².